The van der Waals surface area contributed by atoms with E-state index in [-0.39, 0.29) is 0 Å². The van der Waals surface area contributed by atoms with Crippen molar-refractivity contribution in [2.75, 3.05) is 26.8 Å². The van der Waals surface area contributed by atoms with E-state index in [1.54, 1.807) is 13.4 Å². The van der Waals surface area contributed by atoms with Crippen molar-refractivity contribution in [1.29, 1.82) is 0 Å². The van der Waals surface area contributed by atoms with Crippen molar-refractivity contribution in [2.24, 2.45) is 0 Å². The summed E-state index contributed by atoms with van der Waals surface area (Å²) in [4.78, 5) is 11.4. The van der Waals surface area contributed by atoms with Gasteiger partial charge in [0.05, 0.1) is 12.3 Å². The molecule has 1 aliphatic heterocycles. The molecule has 3 rings (SSSR count). The van der Waals surface area contributed by atoms with Crippen LogP contribution < -0.4 is 0 Å². The highest BCUT2D eigenvalue weighted by Gasteiger charge is 2.24. The Morgan fingerprint density at radius 3 is 2.86 bits per heavy atom. The van der Waals surface area contributed by atoms with Crippen molar-refractivity contribution < 1.29 is 9.15 Å². The average molecular weight is 304 g/mol. The van der Waals surface area contributed by atoms with Gasteiger partial charge < -0.3 is 13.7 Å². The molecule has 0 aromatic carbocycles. The van der Waals surface area contributed by atoms with Gasteiger partial charge in [0, 0.05) is 45.4 Å². The van der Waals surface area contributed by atoms with Crippen LogP contribution in [0.25, 0.3) is 0 Å². The first kappa shape index (κ1) is 15.2. The average Bonchev–Trinajstić information content (AvgIpc) is 3.15. The number of aryl methyl sites for hydroxylation is 1. The first-order chi connectivity index (χ1) is 10.8. The number of hydrogen-bond donors (Lipinski definition) is 0. The van der Waals surface area contributed by atoms with Crippen LogP contribution in [0.15, 0.2) is 23.1 Å². The van der Waals surface area contributed by atoms with Crippen LogP contribution in [0, 0.1) is 6.92 Å². The Bertz CT molecular complexity index is 584. The maximum absolute atomic E-state index is 5.28. The zero-order chi connectivity index (χ0) is 15.4. The molecule has 120 valence electrons. The minimum atomic E-state index is 0.544. The summed E-state index contributed by atoms with van der Waals surface area (Å²) in [6.07, 6.45) is 8.00. The third kappa shape index (κ3) is 3.56. The van der Waals surface area contributed by atoms with Crippen LogP contribution in [-0.4, -0.2) is 46.2 Å². The molecule has 0 bridgehead atoms. The highest BCUT2D eigenvalue weighted by Crippen LogP contribution is 2.27. The standard InChI is InChI=1S/C16H24N4O2/c1-13-18-15(12-22-13)11-19-6-3-14(4-7-19)16-17-5-8-20(16)9-10-21-2/h5,8,12,14H,3-4,6-7,9-11H2,1-2H3. The van der Waals surface area contributed by atoms with Gasteiger partial charge in [0.15, 0.2) is 5.89 Å². The number of imidazole rings is 1. The van der Waals surface area contributed by atoms with Crippen molar-refractivity contribution in [3.63, 3.8) is 0 Å². The second-order valence-corrected chi connectivity index (χ2v) is 5.88. The minimum absolute atomic E-state index is 0.544. The van der Waals surface area contributed by atoms with Crippen LogP contribution in [0.2, 0.25) is 0 Å². The minimum Gasteiger partial charge on any atom is -0.449 e. The van der Waals surface area contributed by atoms with E-state index >= 15 is 0 Å². The summed E-state index contributed by atoms with van der Waals surface area (Å²) in [7, 11) is 1.74. The van der Waals surface area contributed by atoms with Gasteiger partial charge >= 0.3 is 0 Å². The van der Waals surface area contributed by atoms with Crippen molar-refractivity contribution in [3.05, 3.63) is 36.1 Å². The van der Waals surface area contributed by atoms with Gasteiger partial charge in [-0.2, -0.15) is 0 Å². The Morgan fingerprint density at radius 2 is 2.18 bits per heavy atom. The number of methoxy groups -OCH3 is 1. The molecule has 0 saturated carbocycles. The van der Waals surface area contributed by atoms with Gasteiger partial charge in [0.1, 0.15) is 12.1 Å². The molecule has 2 aromatic heterocycles. The number of ether oxygens (including phenoxy) is 1. The second-order valence-electron chi connectivity index (χ2n) is 5.88. The van der Waals surface area contributed by atoms with Crippen molar-refractivity contribution >= 4 is 0 Å². The summed E-state index contributed by atoms with van der Waals surface area (Å²) < 4.78 is 12.7. The normalized spacial score (nSPS) is 17.2. The Morgan fingerprint density at radius 1 is 1.36 bits per heavy atom. The van der Waals surface area contributed by atoms with Gasteiger partial charge in [0.2, 0.25) is 0 Å². The number of rotatable bonds is 6. The molecule has 0 atom stereocenters. The number of likely N-dealkylation sites (tertiary alicyclic amines) is 1. The zero-order valence-corrected chi connectivity index (χ0v) is 13.4. The largest absolute Gasteiger partial charge is 0.449 e. The zero-order valence-electron chi connectivity index (χ0n) is 13.4. The summed E-state index contributed by atoms with van der Waals surface area (Å²) in [6.45, 7) is 6.52. The molecule has 0 amide bonds. The lowest BCUT2D eigenvalue weighted by molar-refractivity contribution is 0.179. The van der Waals surface area contributed by atoms with E-state index in [1.807, 2.05) is 13.1 Å². The van der Waals surface area contributed by atoms with Crippen LogP contribution >= 0.6 is 0 Å². The summed E-state index contributed by atoms with van der Waals surface area (Å²) in [5.41, 5.74) is 1.03. The molecule has 0 unspecified atom stereocenters. The van der Waals surface area contributed by atoms with Crippen molar-refractivity contribution in [1.82, 2.24) is 19.4 Å². The number of oxazole rings is 1. The first-order valence-corrected chi connectivity index (χ1v) is 7.89. The van der Waals surface area contributed by atoms with Crippen LogP contribution in [-0.2, 0) is 17.8 Å². The summed E-state index contributed by atoms with van der Waals surface area (Å²) in [6, 6.07) is 0. The first-order valence-electron chi connectivity index (χ1n) is 7.89. The maximum atomic E-state index is 5.28. The van der Waals surface area contributed by atoms with E-state index in [2.05, 4.69) is 25.6 Å². The fraction of sp³-hybridized carbons (Fsp3) is 0.625. The molecule has 0 N–H and O–H groups in total. The SMILES string of the molecule is COCCn1ccnc1C1CCN(Cc2coc(C)n2)CC1. The predicted molar refractivity (Wildman–Crippen MR) is 82.6 cm³/mol. The molecule has 2 aromatic rings. The van der Waals surface area contributed by atoms with E-state index in [1.165, 1.54) is 5.82 Å². The molecule has 0 radical (unpaired) electrons. The number of piperidine rings is 1. The Hall–Kier alpha value is -1.66. The van der Waals surface area contributed by atoms with Crippen molar-refractivity contribution in [2.45, 2.75) is 38.8 Å². The summed E-state index contributed by atoms with van der Waals surface area (Å²) in [5, 5.41) is 0. The van der Waals surface area contributed by atoms with E-state index in [9.17, 15) is 0 Å². The van der Waals surface area contributed by atoms with Crippen LogP contribution in [0.5, 0.6) is 0 Å². The number of hydrogen-bond acceptors (Lipinski definition) is 5. The molecule has 22 heavy (non-hydrogen) atoms. The highest BCUT2D eigenvalue weighted by molar-refractivity contribution is 5.03. The molecule has 1 saturated heterocycles. The third-order valence-corrected chi connectivity index (χ3v) is 4.29. The maximum Gasteiger partial charge on any atom is 0.191 e. The van der Waals surface area contributed by atoms with E-state index in [4.69, 9.17) is 9.15 Å². The highest BCUT2D eigenvalue weighted by atomic mass is 16.5. The quantitative estimate of drug-likeness (QED) is 0.819. The van der Waals surface area contributed by atoms with Gasteiger partial charge in [-0.15, -0.1) is 0 Å². The molecule has 6 heteroatoms. The second kappa shape index (κ2) is 7.07. The van der Waals surface area contributed by atoms with Crippen molar-refractivity contribution in [3.8, 4) is 0 Å². The van der Waals surface area contributed by atoms with Crippen LogP contribution in [0.4, 0.5) is 0 Å². The van der Waals surface area contributed by atoms with Gasteiger partial charge in [-0.25, -0.2) is 9.97 Å². The fourth-order valence-corrected chi connectivity index (χ4v) is 3.12. The van der Waals surface area contributed by atoms with Crippen LogP contribution in [0.1, 0.15) is 36.2 Å². The molecule has 1 aliphatic rings. The van der Waals surface area contributed by atoms with E-state index in [0.717, 1.165) is 57.2 Å². The van der Waals surface area contributed by atoms with E-state index < -0.39 is 0 Å². The monoisotopic (exact) mass is 304 g/mol. The molecule has 1 fully saturated rings. The van der Waals surface area contributed by atoms with Gasteiger partial charge in [0.25, 0.3) is 0 Å². The van der Waals surface area contributed by atoms with E-state index in [0.29, 0.717) is 5.92 Å². The fourth-order valence-electron chi connectivity index (χ4n) is 3.12. The molecular weight excluding hydrogens is 280 g/mol. The summed E-state index contributed by atoms with van der Waals surface area (Å²) in [5.74, 6) is 2.49. The van der Waals surface area contributed by atoms with Gasteiger partial charge in [-0.05, 0) is 25.9 Å². The lowest BCUT2D eigenvalue weighted by Crippen LogP contribution is -2.33. The number of aromatic nitrogens is 3. The molecule has 0 spiro atoms. The lowest BCUT2D eigenvalue weighted by Gasteiger charge is -2.31. The topological polar surface area (TPSA) is 56.3 Å². The Labute approximate surface area is 131 Å². The molecular formula is C16H24N4O2. The number of nitrogens with zero attached hydrogens (tertiary/aromatic N) is 4. The Kier molecular flexibility index (Phi) is 4.90. The van der Waals surface area contributed by atoms with Gasteiger partial charge in [-0.3, -0.25) is 4.90 Å². The molecule has 6 nitrogen and oxygen atoms in total. The smallest absolute Gasteiger partial charge is 0.191 e. The Balaban J connectivity index is 1.54. The van der Waals surface area contributed by atoms with Crippen LogP contribution in [0.3, 0.4) is 0 Å². The molecule has 0 aliphatic carbocycles. The third-order valence-electron chi connectivity index (χ3n) is 4.29. The summed E-state index contributed by atoms with van der Waals surface area (Å²) >= 11 is 0. The lowest BCUT2D eigenvalue weighted by atomic mass is 9.96. The molecule has 3 heterocycles. The van der Waals surface area contributed by atoms with Gasteiger partial charge in [-0.1, -0.05) is 0 Å². The predicted octanol–water partition coefficient (Wildman–Crippen LogP) is 2.21.